The van der Waals surface area contributed by atoms with E-state index < -0.39 is 0 Å². The van der Waals surface area contributed by atoms with Gasteiger partial charge >= 0.3 is 0 Å². The third kappa shape index (κ3) is 2.70. The second-order valence-electron chi connectivity index (χ2n) is 3.87. The molecular weight excluding hydrogens is 176 g/mol. The second kappa shape index (κ2) is 4.42. The molecule has 1 heterocycles. The van der Waals surface area contributed by atoms with Crippen molar-refractivity contribution in [3.8, 4) is 5.75 Å². The summed E-state index contributed by atoms with van der Waals surface area (Å²) in [4.78, 5) is 4.17. The molecule has 1 aromatic rings. The van der Waals surface area contributed by atoms with E-state index in [4.69, 9.17) is 10.5 Å². The molecule has 0 spiro atoms. The molecule has 0 aliphatic rings. The highest BCUT2D eigenvalue weighted by molar-refractivity contribution is 5.27. The molecule has 3 nitrogen and oxygen atoms in total. The average Bonchev–Trinajstić information content (AvgIpc) is 2.18. The highest BCUT2D eigenvalue weighted by atomic mass is 16.5. The van der Waals surface area contributed by atoms with Crippen LogP contribution in [0.5, 0.6) is 5.75 Å². The molecule has 0 radical (unpaired) electrons. The molecular formula is C11H18N2O. The summed E-state index contributed by atoms with van der Waals surface area (Å²) in [6.45, 7) is 6.62. The van der Waals surface area contributed by atoms with Crippen LogP contribution in [0.3, 0.4) is 0 Å². The van der Waals surface area contributed by atoms with Gasteiger partial charge in [0.1, 0.15) is 11.4 Å². The first-order chi connectivity index (χ1) is 6.59. The van der Waals surface area contributed by atoms with Gasteiger partial charge in [-0.15, -0.1) is 0 Å². The number of hydrogen-bond acceptors (Lipinski definition) is 3. The number of hydrogen-bond donors (Lipinski definition) is 1. The molecule has 78 valence electrons. The highest BCUT2D eigenvalue weighted by Gasteiger charge is 2.18. The SMILES string of the molecule is CCC(C)(C)Oc1cccnc1CN. The summed E-state index contributed by atoms with van der Waals surface area (Å²) in [5.74, 6) is 0.793. The molecule has 3 heteroatoms. The Morgan fingerprint density at radius 1 is 1.50 bits per heavy atom. The van der Waals surface area contributed by atoms with Gasteiger partial charge in [-0.05, 0) is 32.4 Å². The van der Waals surface area contributed by atoms with Gasteiger partial charge in [0.15, 0.2) is 0 Å². The van der Waals surface area contributed by atoms with Crippen LogP contribution in [0.15, 0.2) is 18.3 Å². The van der Waals surface area contributed by atoms with E-state index in [0.717, 1.165) is 17.9 Å². The first-order valence-electron chi connectivity index (χ1n) is 4.92. The molecule has 0 fully saturated rings. The number of nitrogens with two attached hydrogens (primary N) is 1. The summed E-state index contributed by atoms with van der Waals surface area (Å²) in [7, 11) is 0. The van der Waals surface area contributed by atoms with Crippen molar-refractivity contribution in [1.82, 2.24) is 4.98 Å². The second-order valence-corrected chi connectivity index (χ2v) is 3.87. The lowest BCUT2D eigenvalue weighted by Crippen LogP contribution is -2.27. The number of ether oxygens (including phenoxy) is 1. The zero-order valence-corrected chi connectivity index (χ0v) is 9.08. The molecule has 0 saturated heterocycles. The van der Waals surface area contributed by atoms with Crippen molar-refractivity contribution in [2.75, 3.05) is 0 Å². The third-order valence-electron chi connectivity index (χ3n) is 2.28. The van der Waals surface area contributed by atoms with Crippen molar-refractivity contribution in [2.45, 2.75) is 39.3 Å². The Morgan fingerprint density at radius 3 is 2.79 bits per heavy atom. The van der Waals surface area contributed by atoms with Crippen LogP contribution in [0.1, 0.15) is 32.9 Å². The van der Waals surface area contributed by atoms with Crippen molar-refractivity contribution in [2.24, 2.45) is 5.73 Å². The average molecular weight is 194 g/mol. The van der Waals surface area contributed by atoms with Crippen LogP contribution in [0.2, 0.25) is 0 Å². The van der Waals surface area contributed by atoms with E-state index in [2.05, 4.69) is 25.8 Å². The predicted octanol–water partition coefficient (Wildman–Crippen LogP) is 2.11. The first-order valence-corrected chi connectivity index (χ1v) is 4.92. The molecule has 0 aromatic carbocycles. The summed E-state index contributed by atoms with van der Waals surface area (Å²) in [6.07, 6.45) is 2.68. The van der Waals surface area contributed by atoms with E-state index in [1.165, 1.54) is 0 Å². The van der Waals surface area contributed by atoms with E-state index in [9.17, 15) is 0 Å². The fourth-order valence-electron chi connectivity index (χ4n) is 1.04. The Morgan fingerprint density at radius 2 is 2.21 bits per heavy atom. The molecule has 0 unspecified atom stereocenters. The molecule has 0 aliphatic carbocycles. The standard InChI is InChI=1S/C11H18N2O/c1-4-11(2,3)14-10-6-5-7-13-9(10)8-12/h5-7H,4,8,12H2,1-3H3. The number of nitrogens with zero attached hydrogens (tertiary/aromatic N) is 1. The normalized spacial score (nSPS) is 11.4. The summed E-state index contributed by atoms with van der Waals surface area (Å²) in [5.41, 5.74) is 6.22. The molecule has 0 bridgehead atoms. The maximum atomic E-state index is 5.83. The van der Waals surface area contributed by atoms with Crippen LogP contribution in [0.25, 0.3) is 0 Å². The van der Waals surface area contributed by atoms with E-state index in [0.29, 0.717) is 6.54 Å². The predicted molar refractivity (Wildman–Crippen MR) is 57.1 cm³/mol. The van der Waals surface area contributed by atoms with Crippen LogP contribution in [0.4, 0.5) is 0 Å². The van der Waals surface area contributed by atoms with Crippen LogP contribution in [0, 0.1) is 0 Å². The number of rotatable bonds is 4. The molecule has 2 N–H and O–H groups in total. The Labute approximate surface area is 85.3 Å². The lowest BCUT2D eigenvalue weighted by Gasteiger charge is -2.25. The van der Waals surface area contributed by atoms with E-state index in [1.807, 2.05) is 12.1 Å². The molecule has 1 aromatic heterocycles. The maximum absolute atomic E-state index is 5.83. The van der Waals surface area contributed by atoms with Crippen LogP contribution in [-0.2, 0) is 6.54 Å². The summed E-state index contributed by atoms with van der Waals surface area (Å²) >= 11 is 0. The van der Waals surface area contributed by atoms with Gasteiger partial charge in [-0.3, -0.25) is 4.98 Å². The quantitative estimate of drug-likeness (QED) is 0.798. The minimum Gasteiger partial charge on any atom is -0.486 e. The lowest BCUT2D eigenvalue weighted by molar-refractivity contribution is 0.103. The van der Waals surface area contributed by atoms with E-state index in [1.54, 1.807) is 6.20 Å². The number of pyridine rings is 1. The van der Waals surface area contributed by atoms with Gasteiger partial charge in [0.2, 0.25) is 0 Å². The topological polar surface area (TPSA) is 48.1 Å². The van der Waals surface area contributed by atoms with Crippen molar-refractivity contribution >= 4 is 0 Å². The lowest BCUT2D eigenvalue weighted by atomic mass is 10.1. The van der Waals surface area contributed by atoms with Gasteiger partial charge in [0, 0.05) is 12.7 Å². The van der Waals surface area contributed by atoms with Crippen LogP contribution in [-0.4, -0.2) is 10.6 Å². The molecule has 0 saturated carbocycles. The largest absolute Gasteiger partial charge is 0.486 e. The molecule has 0 amide bonds. The van der Waals surface area contributed by atoms with Crippen molar-refractivity contribution in [3.63, 3.8) is 0 Å². The van der Waals surface area contributed by atoms with Gasteiger partial charge in [0.25, 0.3) is 0 Å². The first kappa shape index (κ1) is 11.0. The Hall–Kier alpha value is -1.09. The monoisotopic (exact) mass is 194 g/mol. The molecule has 14 heavy (non-hydrogen) atoms. The van der Waals surface area contributed by atoms with Crippen molar-refractivity contribution in [3.05, 3.63) is 24.0 Å². The van der Waals surface area contributed by atoms with E-state index >= 15 is 0 Å². The summed E-state index contributed by atoms with van der Waals surface area (Å²) in [6, 6.07) is 3.77. The highest BCUT2D eigenvalue weighted by Crippen LogP contribution is 2.22. The van der Waals surface area contributed by atoms with E-state index in [-0.39, 0.29) is 5.60 Å². The molecule has 0 atom stereocenters. The zero-order valence-electron chi connectivity index (χ0n) is 9.08. The van der Waals surface area contributed by atoms with Gasteiger partial charge in [0.05, 0.1) is 5.69 Å². The van der Waals surface area contributed by atoms with Crippen molar-refractivity contribution in [1.29, 1.82) is 0 Å². The Kier molecular flexibility index (Phi) is 3.47. The summed E-state index contributed by atoms with van der Waals surface area (Å²) in [5, 5.41) is 0. The van der Waals surface area contributed by atoms with Gasteiger partial charge < -0.3 is 10.5 Å². The Bertz CT molecular complexity index is 297. The Balaban J connectivity index is 2.85. The van der Waals surface area contributed by atoms with Crippen LogP contribution < -0.4 is 10.5 Å². The minimum absolute atomic E-state index is 0.160. The number of aromatic nitrogens is 1. The van der Waals surface area contributed by atoms with Gasteiger partial charge in [-0.2, -0.15) is 0 Å². The summed E-state index contributed by atoms with van der Waals surface area (Å²) < 4.78 is 5.83. The third-order valence-corrected chi connectivity index (χ3v) is 2.28. The van der Waals surface area contributed by atoms with Gasteiger partial charge in [-0.1, -0.05) is 6.92 Å². The smallest absolute Gasteiger partial charge is 0.142 e. The van der Waals surface area contributed by atoms with Crippen LogP contribution >= 0.6 is 0 Å². The van der Waals surface area contributed by atoms with Gasteiger partial charge in [-0.25, -0.2) is 0 Å². The van der Waals surface area contributed by atoms with Crippen molar-refractivity contribution < 1.29 is 4.74 Å². The zero-order chi connectivity index (χ0) is 10.6. The maximum Gasteiger partial charge on any atom is 0.142 e. The minimum atomic E-state index is -0.160. The molecule has 1 rings (SSSR count). The fourth-order valence-corrected chi connectivity index (χ4v) is 1.04. The fraction of sp³-hybridized carbons (Fsp3) is 0.545. The molecule has 0 aliphatic heterocycles.